The molecule has 3 rings (SSSR count). The number of pyridine rings is 1. The number of anilines is 2. The van der Waals surface area contributed by atoms with E-state index in [1.54, 1.807) is 11.0 Å². The van der Waals surface area contributed by atoms with Gasteiger partial charge in [-0.3, -0.25) is 4.98 Å². The Hall–Kier alpha value is -2.80. The maximum absolute atomic E-state index is 12.3. The van der Waals surface area contributed by atoms with Gasteiger partial charge in [0.15, 0.2) is 0 Å². The van der Waals surface area contributed by atoms with E-state index >= 15 is 0 Å². The molecule has 0 radical (unpaired) electrons. The fraction of sp³-hybridized carbons (Fsp3) is 0.350. The van der Waals surface area contributed by atoms with E-state index in [9.17, 15) is 9.59 Å². The van der Waals surface area contributed by atoms with Crippen molar-refractivity contribution in [2.24, 2.45) is 0 Å². The number of hydrogen-bond donors (Lipinski definition) is 2. The highest BCUT2D eigenvalue weighted by atomic mass is 35.5. The second kappa shape index (κ2) is 8.06. The Labute approximate surface area is 169 Å². The van der Waals surface area contributed by atoms with Crippen molar-refractivity contribution >= 4 is 35.1 Å². The van der Waals surface area contributed by atoms with Gasteiger partial charge in [0, 0.05) is 25.0 Å². The third kappa shape index (κ3) is 5.36. The fourth-order valence-electron chi connectivity index (χ4n) is 2.89. The number of rotatable bonds is 2. The molecule has 0 spiro atoms. The second-order valence-corrected chi connectivity index (χ2v) is 8.04. The van der Waals surface area contributed by atoms with Gasteiger partial charge in [0.05, 0.1) is 16.9 Å². The minimum absolute atomic E-state index is 0.310. The van der Waals surface area contributed by atoms with Crippen molar-refractivity contribution in [2.45, 2.75) is 39.3 Å². The number of benzene rings is 1. The van der Waals surface area contributed by atoms with Crippen LogP contribution in [0.5, 0.6) is 0 Å². The average molecular weight is 403 g/mol. The van der Waals surface area contributed by atoms with Crippen LogP contribution in [0.3, 0.4) is 0 Å². The van der Waals surface area contributed by atoms with Crippen LogP contribution in [-0.4, -0.2) is 34.2 Å². The molecule has 0 saturated carbocycles. The van der Waals surface area contributed by atoms with Crippen LogP contribution in [0.15, 0.2) is 36.7 Å². The first-order valence-electron chi connectivity index (χ1n) is 8.98. The van der Waals surface area contributed by atoms with Crippen LogP contribution in [0, 0.1) is 0 Å². The summed E-state index contributed by atoms with van der Waals surface area (Å²) in [6, 6.07) is 6.90. The summed E-state index contributed by atoms with van der Waals surface area (Å²) in [6.07, 6.45) is 3.40. The quantitative estimate of drug-likeness (QED) is 0.764. The number of fused-ring (bicyclic) bond motifs is 1. The van der Waals surface area contributed by atoms with Crippen LogP contribution in [0.1, 0.15) is 31.9 Å². The average Bonchev–Trinajstić information content (AvgIpc) is 2.59. The molecule has 1 aromatic carbocycles. The highest BCUT2D eigenvalue weighted by Gasteiger charge is 2.25. The smallest absolute Gasteiger partial charge is 0.410 e. The number of carbonyl (C=O) groups excluding carboxylic acids is 2. The molecule has 0 aliphatic carbocycles. The van der Waals surface area contributed by atoms with E-state index in [1.165, 1.54) is 12.4 Å². The normalized spacial score (nSPS) is 13.5. The van der Waals surface area contributed by atoms with Crippen molar-refractivity contribution < 1.29 is 14.3 Å². The summed E-state index contributed by atoms with van der Waals surface area (Å²) in [5.41, 5.74) is 2.81. The van der Waals surface area contributed by atoms with Crippen LogP contribution >= 0.6 is 11.6 Å². The van der Waals surface area contributed by atoms with E-state index < -0.39 is 5.60 Å². The summed E-state index contributed by atoms with van der Waals surface area (Å²) in [5.74, 6) is 0. The molecule has 2 N–H and O–H groups in total. The molecule has 0 atom stereocenters. The van der Waals surface area contributed by atoms with Gasteiger partial charge < -0.3 is 20.3 Å². The predicted molar refractivity (Wildman–Crippen MR) is 109 cm³/mol. The van der Waals surface area contributed by atoms with Crippen molar-refractivity contribution in [3.63, 3.8) is 0 Å². The molecule has 0 bridgehead atoms. The van der Waals surface area contributed by atoms with E-state index in [4.69, 9.17) is 16.3 Å². The van der Waals surface area contributed by atoms with Crippen LogP contribution in [0.4, 0.5) is 21.0 Å². The number of nitrogens with one attached hydrogen (secondary N) is 2. The van der Waals surface area contributed by atoms with Gasteiger partial charge in [0.25, 0.3) is 0 Å². The van der Waals surface area contributed by atoms with Gasteiger partial charge in [-0.15, -0.1) is 0 Å². The third-order valence-corrected chi connectivity index (χ3v) is 4.30. The van der Waals surface area contributed by atoms with Crippen LogP contribution in [0.2, 0.25) is 5.02 Å². The summed E-state index contributed by atoms with van der Waals surface area (Å²) >= 11 is 5.87. The van der Waals surface area contributed by atoms with Crippen molar-refractivity contribution in [1.82, 2.24) is 9.88 Å². The topological polar surface area (TPSA) is 83.6 Å². The number of nitrogens with zero attached hydrogens (tertiary/aromatic N) is 2. The molecule has 1 aromatic heterocycles. The van der Waals surface area contributed by atoms with Crippen molar-refractivity contribution in [3.8, 4) is 0 Å². The first-order chi connectivity index (χ1) is 13.2. The van der Waals surface area contributed by atoms with Crippen molar-refractivity contribution in [1.29, 1.82) is 0 Å². The summed E-state index contributed by atoms with van der Waals surface area (Å²) in [5, 5.41) is 5.93. The van der Waals surface area contributed by atoms with E-state index in [-0.39, 0.29) is 12.1 Å². The molecular formula is C20H23ClN4O3. The lowest BCUT2D eigenvalue weighted by atomic mass is 9.99. The third-order valence-electron chi connectivity index (χ3n) is 4.09. The molecule has 148 valence electrons. The first kappa shape index (κ1) is 19.9. The minimum atomic E-state index is -0.517. The maximum atomic E-state index is 12.3. The van der Waals surface area contributed by atoms with Gasteiger partial charge in [-0.2, -0.15) is 0 Å². The molecule has 7 nitrogen and oxygen atoms in total. The first-order valence-corrected chi connectivity index (χ1v) is 9.36. The Morgan fingerprint density at radius 1 is 1.11 bits per heavy atom. The maximum Gasteiger partial charge on any atom is 0.410 e. The Kier molecular flexibility index (Phi) is 5.74. The Morgan fingerprint density at radius 3 is 2.57 bits per heavy atom. The predicted octanol–water partition coefficient (Wildman–Crippen LogP) is 4.67. The largest absolute Gasteiger partial charge is 0.444 e. The number of ether oxygens (including phenoxy) is 1. The summed E-state index contributed by atoms with van der Waals surface area (Å²) in [4.78, 5) is 30.1. The van der Waals surface area contributed by atoms with Gasteiger partial charge >= 0.3 is 12.1 Å². The zero-order valence-electron chi connectivity index (χ0n) is 16.1. The van der Waals surface area contributed by atoms with E-state index in [0.717, 1.165) is 11.1 Å². The molecule has 8 heteroatoms. The van der Waals surface area contributed by atoms with Crippen LogP contribution in [-0.2, 0) is 17.7 Å². The SMILES string of the molecule is CC(C)(C)OC(=O)N1CCc2cc(NC(=O)Nc3cncc(Cl)c3)ccc2C1. The number of hydrogen-bond acceptors (Lipinski definition) is 4. The van der Waals surface area contributed by atoms with Gasteiger partial charge in [-0.1, -0.05) is 17.7 Å². The molecule has 0 fully saturated rings. The summed E-state index contributed by atoms with van der Waals surface area (Å²) < 4.78 is 5.44. The number of amides is 3. The Balaban J connectivity index is 1.62. The van der Waals surface area contributed by atoms with E-state index in [2.05, 4.69) is 15.6 Å². The second-order valence-electron chi connectivity index (χ2n) is 7.61. The number of halogens is 1. The van der Waals surface area contributed by atoms with E-state index in [1.807, 2.05) is 39.0 Å². The van der Waals surface area contributed by atoms with Crippen molar-refractivity contribution in [3.05, 3.63) is 52.8 Å². The van der Waals surface area contributed by atoms with Crippen LogP contribution < -0.4 is 10.6 Å². The van der Waals surface area contributed by atoms with Gasteiger partial charge in [-0.25, -0.2) is 9.59 Å². The van der Waals surface area contributed by atoms with Gasteiger partial charge in [0.1, 0.15) is 5.60 Å². The zero-order chi connectivity index (χ0) is 20.3. The molecule has 2 aromatic rings. The zero-order valence-corrected chi connectivity index (χ0v) is 16.8. The Bertz CT molecular complexity index is 895. The fourth-order valence-corrected chi connectivity index (χ4v) is 3.06. The lowest BCUT2D eigenvalue weighted by molar-refractivity contribution is 0.0224. The minimum Gasteiger partial charge on any atom is -0.444 e. The molecule has 1 aliphatic heterocycles. The van der Waals surface area contributed by atoms with Gasteiger partial charge in [-0.05, 0) is 56.5 Å². The Morgan fingerprint density at radius 2 is 1.86 bits per heavy atom. The monoisotopic (exact) mass is 402 g/mol. The molecule has 1 aliphatic rings. The lowest BCUT2D eigenvalue weighted by Gasteiger charge is -2.31. The molecule has 3 amide bonds. The van der Waals surface area contributed by atoms with Gasteiger partial charge in [0.2, 0.25) is 0 Å². The highest BCUT2D eigenvalue weighted by molar-refractivity contribution is 6.30. The molecular weight excluding hydrogens is 380 g/mol. The number of carbonyl (C=O) groups is 2. The highest BCUT2D eigenvalue weighted by Crippen LogP contribution is 2.24. The van der Waals surface area contributed by atoms with Crippen molar-refractivity contribution in [2.75, 3.05) is 17.2 Å². The molecule has 28 heavy (non-hydrogen) atoms. The summed E-state index contributed by atoms with van der Waals surface area (Å²) in [7, 11) is 0. The number of urea groups is 1. The standard InChI is InChI=1S/C20H23ClN4O3/c1-20(2,3)28-19(27)25-7-6-13-8-16(5-4-14(13)12-25)23-18(26)24-17-9-15(21)10-22-11-17/h4-5,8-11H,6-7,12H2,1-3H3,(H2,23,24,26). The van der Waals surface area contributed by atoms with Crippen LogP contribution in [0.25, 0.3) is 0 Å². The number of aromatic nitrogens is 1. The lowest BCUT2D eigenvalue weighted by Crippen LogP contribution is -2.39. The molecule has 0 saturated heterocycles. The molecule has 0 unspecified atom stereocenters. The summed E-state index contributed by atoms with van der Waals surface area (Å²) in [6.45, 7) is 6.62. The van der Waals surface area contributed by atoms with E-state index in [0.29, 0.717) is 35.9 Å². The molecule has 2 heterocycles.